The molecule has 0 saturated carbocycles. The molecule has 2 rings (SSSR count). The molecule has 11 atom stereocenters. The minimum Gasteiger partial charge on any atom is -0.508 e. The number of nitrogens with zero attached hydrogens (tertiary/aromatic N) is 2. The number of benzene rings is 2. The first-order chi connectivity index (χ1) is 42.5. The molecule has 0 aliphatic heterocycles. The summed E-state index contributed by atoms with van der Waals surface area (Å²) < 4.78 is 0. The molecule has 0 aromatic heterocycles. The van der Waals surface area contributed by atoms with Gasteiger partial charge in [-0.3, -0.25) is 57.9 Å². The van der Waals surface area contributed by atoms with Crippen molar-refractivity contribution in [1.82, 2.24) is 47.9 Å². The maximum atomic E-state index is 14.7. The molecule has 10 amide bonds. The second-order valence-electron chi connectivity index (χ2n) is 21.7. The van der Waals surface area contributed by atoms with Crippen LogP contribution in [0, 0.1) is 5.92 Å². The van der Waals surface area contributed by atoms with E-state index in [1.54, 1.807) is 48.7 Å². The lowest BCUT2D eigenvalue weighted by Crippen LogP contribution is -2.60. The van der Waals surface area contributed by atoms with Gasteiger partial charge in [-0.25, -0.2) is 4.79 Å². The number of thiol groups is 1. The van der Waals surface area contributed by atoms with Gasteiger partial charge in [-0.15, -0.1) is 0 Å². The Kier molecular flexibility index (Phi) is 35.4. The van der Waals surface area contributed by atoms with Crippen LogP contribution in [0.3, 0.4) is 0 Å². The fourth-order valence-electron chi connectivity index (χ4n) is 8.72. The summed E-state index contributed by atoms with van der Waals surface area (Å²) >= 11 is 6.08. The third kappa shape index (κ3) is 29.7. The van der Waals surface area contributed by atoms with E-state index >= 15 is 0 Å². The number of unbranched alkanes of at least 4 members (excludes halogenated alkanes) is 1. The predicted octanol–water partition coefficient (Wildman–Crippen LogP) is -3.67. The van der Waals surface area contributed by atoms with Crippen molar-refractivity contribution >= 4 is 101 Å². The van der Waals surface area contributed by atoms with Crippen LogP contribution in [-0.4, -0.2) is 179 Å². The molecule has 0 fully saturated rings. The van der Waals surface area contributed by atoms with E-state index in [0.29, 0.717) is 36.1 Å². The number of carboxylic acid groups (broad SMARTS) is 1. The number of aromatic hydroxyl groups is 1. The van der Waals surface area contributed by atoms with E-state index in [1.165, 1.54) is 37.7 Å². The second-order valence-corrected chi connectivity index (χ2v) is 23.3. The van der Waals surface area contributed by atoms with Gasteiger partial charge in [-0.2, -0.15) is 24.4 Å². The lowest BCUT2D eigenvalue weighted by atomic mass is 10.0. The van der Waals surface area contributed by atoms with E-state index in [1.807, 2.05) is 13.8 Å². The summed E-state index contributed by atoms with van der Waals surface area (Å²) in [4.78, 5) is 158. The number of aliphatic carboxylic acids is 1. The van der Waals surface area contributed by atoms with Gasteiger partial charge in [0.05, 0.1) is 17.7 Å². The molecule has 2 aromatic carbocycles. The lowest BCUT2D eigenvalue weighted by Gasteiger charge is -2.29. The van der Waals surface area contributed by atoms with E-state index in [0.717, 1.165) is 0 Å². The van der Waals surface area contributed by atoms with Gasteiger partial charge in [0.15, 0.2) is 11.9 Å². The number of aliphatic imine (C=N–C) groups is 2. The standard InChI is InChI=1S/C57H92N18O13S2/c1-30(2)27-36(59)48(80)74-41(28-33-18-20-35(76)21-19-33)52(84)70-37(16-11-24-65-56(61)62)49(81)67-31(3)46(78)69-39(22-26-90-5)51(83)75-44(45(89)34-13-7-6-8-14-34)54(86)71-38(17-12-25-66-57(63)64)50(82)68-32(4)47(79)73-42(29-43(60)77)53(85)72-40(55(87)88)15-9-10-23-58/h6-8,13-14,18-21,30-32,36-42,44-45,76,89H,9-12,15-17,22-29,58-59H2,1-5H3,(H2,60,77)(H,67,81)(H,68,82)(H,69,78)(H,70,84)(H,71,86)(H,72,85)(H,73,79)(H,74,80)(H,75,83)(H,87,88)(H4,61,62,65)(H4,63,64,66)/t31-,32+,36+,37+,38-,39+,40+,41-,42-,44?,45-/m1/s1. The molecular formula is C57H92N18O13S2. The van der Waals surface area contributed by atoms with Crippen molar-refractivity contribution in [3.63, 3.8) is 0 Å². The summed E-state index contributed by atoms with van der Waals surface area (Å²) in [5, 5.41) is 41.4. The monoisotopic (exact) mass is 1300 g/mol. The zero-order chi connectivity index (χ0) is 67.6. The molecule has 0 saturated heterocycles. The normalized spacial score (nSPS) is 14.7. The Morgan fingerprint density at radius 2 is 0.978 bits per heavy atom. The highest BCUT2D eigenvalue weighted by atomic mass is 32.2. The van der Waals surface area contributed by atoms with Gasteiger partial charge in [0, 0.05) is 19.5 Å². The van der Waals surface area contributed by atoms with E-state index in [2.05, 4.69) is 57.8 Å². The Morgan fingerprint density at radius 1 is 0.533 bits per heavy atom. The first kappa shape index (κ1) is 77.7. The van der Waals surface area contributed by atoms with Gasteiger partial charge in [0.2, 0.25) is 59.1 Å². The Hall–Kier alpha value is -8.43. The first-order valence-corrected chi connectivity index (χ1v) is 31.2. The van der Waals surface area contributed by atoms with Crippen LogP contribution in [0.2, 0.25) is 0 Å². The van der Waals surface area contributed by atoms with Crippen LogP contribution in [0.1, 0.15) is 108 Å². The fraction of sp³-hybridized carbons (Fsp3) is 0.561. The molecule has 90 heavy (non-hydrogen) atoms. The molecule has 500 valence electrons. The van der Waals surface area contributed by atoms with Crippen molar-refractivity contribution in [2.24, 2.45) is 56.0 Å². The molecular weight excluding hydrogens is 1210 g/mol. The lowest BCUT2D eigenvalue weighted by molar-refractivity contribution is -0.142. The quantitative estimate of drug-likeness (QED) is 0.0132. The SMILES string of the molecule is CSCC[C@H](NC(=O)[C@@H](C)NC(=O)[C@H](CCCN=C(N)N)NC(=O)[C@@H](Cc1ccc(O)cc1)NC(=O)[C@@H](N)CC(C)C)C(=O)NC(C(=O)N[C@H](CCCN=C(N)N)C(=O)N[C@@H](C)C(=O)N[C@H](CC(N)=O)C(=O)N[C@@H](CCCCN)C(=O)O)[C@H](S)c1ccccc1. The second kappa shape index (κ2) is 41.0. The smallest absolute Gasteiger partial charge is 0.326 e. The summed E-state index contributed by atoms with van der Waals surface area (Å²) in [6.07, 6.45) is 2.01. The third-order valence-electron chi connectivity index (χ3n) is 13.6. The Bertz CT molecular complexity index is 2760. The number of guanidine groups is 2. The highest BCUT2D eigenvalue weighted by molar-refractivity contribution is 7.98. The maximum absolute atomic E-state index is 14.7. The highest BCUT2D eigenvalue weighted by Gasteiger charge is 2.37. The van der Waals surface area contributed by atoms with Crippen LogP contribution in [-0.2, 0) is 59.2 Å². The summed E-state index contributed by atoms with van der Waals surface area (Å²) in [7, 11) is 0. The third-order valence-corrected chi connectivity index (χ3v) is 14.9. The number of thioether (sulfide) groups is 1. The summed E-state index contributed by atoms with van der Waals surface area (Å²) in [6.45, 7) is 6.61. The van der Waals surface area contributed by atoms with Crippen LogP contribution in [0.4, 0.5) is 0 Å². The van der Waals surface area contributed by atoms with Gasteiger partial charge in [-0.05, 0) is 119 Å². The minimum absolute atomic E-state index is 0.0111. The van der Waals surface area contributed by atoms with Gasteiger partial charge < -0.3 is 98.2 Å². The minimum atomic E-state index is -1.67. The van der Waals surface area contributed by atoms with Crippen molar-refractivity contribution in [3.8, 4) is 5.75 Å². The number of nitrogens with one attached hydrogen (secondary N) is 9. The summed E-state index contributed by atoms with van der Waals surface area (Å²) in [5.74, 6) is -10.5. The van der Waals surface area contributed by atoms with E-state index in [-0.39, 0.29) is 88.2 Å². The van der Waals surface area contributed by atoms with Crippen molar-refractivity contribution in [2.75, 3.05) is 31.6 Å². The zero-order valence-electron chi connectivity index (χ0n) is 51.4. The average Bonchev–Trinajstić information content (AvgIpc) is 1.61. The van der Waals surface area contributed by atoms with E-state index < -0.39 is 137 Å². The summed E-state index contributed by atoms with van der Waals surface area (Å²) in [5.41, 5.74) is 40.2. The number of hydrogen-bond acceptors (Lipinski definition) is 18. The number of carbonyl (C=O) groups excluding carboxylic acids is 10. The van der Waals surface area contributed by atoms with Crippen molar-refractivity contribution in [3.05, 3.63) is 65.7 Å². The molecule has 2 aromatic rings. The van der Waals surface area contributed by atoms with Gasteiger partial charge >= 0.3 is 5.97 Å². The Balaban J connectivity index is 2.49. The average molecular weight is 1300 g/mol. The topological polar surface area (TPSA) is 543 Å². The first-order valence-electron chi connectivity index (χ1n) is 29.3. The van der Waals surface area contributed by atoms with Gasteiger partial charge in [-0.1, -0.05) is 56.3 Å². The molecule has 31 nitrogen and oxygen atoms in total. The van der Waals surface area contributed by atoms with Crippen molar-refractivity contribution in [1.29, 1.82) is 0 Å². The molecule has 0 spiro atoms. The zero-order valence-corrected chi connectivity index (χ0v) is 53.1. The molecule has 0 aliphatic carbocycles. The van der Waals surface area contributed by atoms with Crippen molar-refractivity contribution < 1.29 is 63.0 Å². The molecule has 0 heterocycles. The van der Waals surface area contributed by atoms with Crippen LogP contribution in [0.25, 0.3) is 0 Å². The number of rotatable bonds is 42. The van der Waals surface area contributed by atoms with Crippen LogP contribution < -0.4 is 88.0 Å². The summed E-state index contributed by atoms with van der Waals surface area (Å²) in [6, 6.07) is 0.214. The number of primary amides is 1. The largest absolute Gasteiger partial charge is 0.508 e. The number of phenols is 1. The molecule has 0 radical (unpaired) electrons. The Labute approximate surface area is 533 Å². The van der Waals surface area contributed by atoms with Gasteiger partial charge in [0.25, 0.3) is 0 Å². The van der Waals surface area contributed by atoms with E-state index in [4.69, 9.17) is 52.8 Å². The molecule has 1 unspecified atom stereocenters. The van der Waals surface area contributed by atoms with Crippen LogP contribution in [0.5, 0.6) is 5.75 Å². The molecule has 33 heteroatoms. The predicted molar refractivity (Wildman–Crippen MR) is 343 cm³/mol. The Morgan fingerprint density at radius 3 is 1.47 bits per heavy atom. The number of hydrogen-bond donors (Lipinski definition) is 19. The fourth-order valence-corrected chi connectivity index (χ4v) is 9.58. The van der Waals surface area contributed by atoms with Crippen LogP contribution >= 0.6 is 24.4 Å². The highest BCUT2D eigenvalue weighted by Crippen LogP contribution is 2.25. The van der Waals surface area contributed by atoms with Crippen molar-refractivity contribution in [2.45, 2.75) is 164 Å². The van der Waals surface area contributed by atoms with Gasteiger partial charge in [0.1, 0.15) is 60.1 Å². The molecule has 0 bridgehead atoms. The van der Waals surface area contributed by atoms with E-state index in [9.17, 15) is 63.0 Å². The number of phenolic OH excluding ortho intramolecular Hbond substituents is 1. The molecule has 0 aliphatic rings. The number of carboxylic acids is 1. The maximum Gasteiger partial charge on any atom is 0.326 e. The van der Waals surface area contributed by atoms with Crippen LogP contribution in [0.15, 0.2) is 64.6 Å². The number of carbonyl (C=O) groups is 11. The number of nitrogens with two attached hydrogens (primary N) is 7. The molecule has 25 N–H and O–H groups in total. The number of amides is 10.